The molecule has 1 atom stereocenters. The van der Waals surface area contributed by atoms with E-state index in [-0.39, 0.29) is 0 Å². The number of hydrogen-bond donors (Lipinski definition) is 3. The summed E-state index contributed by atoms with van der Waals surface area (Å²) in [6, 6.07) is -0.604. The molecule has 4 N–H and O–H groups in total. The second-order valence-electron chi connectivity index (χ2n) is 2.19. The number of carbonyl (C=O) groups excluding carboxylic acids is 1. The van der Waals surface area contributed by atoms with Gasteiger partial charge in [-0.3, -0.25) is 15.8 Å². The molecule has 5 nitrogen and oxygen atoms in total. The maximum Gasteiger partial charge on any atom is 0.330 e. The van der Waals surface area contributed by atoms with Crippen molar-refractivity contribution in [1.29, 1.82) is 0 Å². The molecule has 0 bridgehead atoms. The van der Waals surface area contributed by atoms with E-state index in [1.54, 1.807) is 11.8 Å². The summed E-state index contributed by atoms with van der Waals surface area (Å²) in [7, 11) is 0. The number of aliphatic imine (C=N–C) groups is 1. The van der Waals surface area contributed by atoms with Gasteiger partial charge in [0.05, 0.1) is 6.54 Å². The van der Waals surface area contributed by atoms with Gasteiger partial charge in [0.1, 0.15) is 0 Å². The van der Waals surface area contributed by atoms with E-state index in [4.69, 9.17) is 5.73 Å². The summed E-state index contributed by atoms with van der Waals surface area (Å²) in [5.41, 5.74) is 9.67. The van der Waals surface area contributed by atoms with Crippen molar-refractivity contribution in [3.8, 4) is 0 Å². The highest BCUT2D eigenvalue weighted by atomic mass is 32.2. The number of primary amides is 1. The first kappa shape index (κ1) is 8.19. The van der Waals surface area contributed by atoms with Gasteiger partial charge in [-0.25, -0.2) is 4.79 Å². The average Bonchev–Trinajstić information content (AvgIpc) is 2.31. The molecular formula is C5H10N4OS. The number of hydrogen-bond acceptors (Lipinski definition) is 4. The molecule has 0 aromatic carbocycles. The number of hydrazine groups is 1. The number of nitrogens with two attached hydrogens (primary N) is 1. The number of thioether (sulfide) groups is 1. The number of amides is 2. The second-order valence-corrected chi connectivity index (χ2v) is 3.62. The first-order chi connectivity index (χ1) is 5.18. The summed E-state index contributed by atoms with van der Waals surface area (Å²) in [6.45, 7) is 2.85. The van der Waals surface area contributed by atoms with Crippen LogP contribution in [0, 0.1) is 0 Å². The minimum Gasteiger partial charge on any atom is -0.350 e. The molecule has 1 aliphatic heterocycles. The van der Waals surface area contributed by atoms with Crippen molar-refractivity contribution in [2.45, 2.75) is 12.2 Å². The molecule has 0 fully saturated rings. The van der Waals surface area contributed by atoms with Crippen LogP contribution in [0.5, 0.6) is 0 Å². The highest BCUT2D eigenvalue weighted by Gasteiger charge is 2.14. The van der Waals surface area contributed by atoms with Crippen molar-refractivity contribution in [1.82, 2.24) is 10.9 Å². The topological polar surface area (TPSA) is 79.5 Å². The Balaban J connectivity index is 2.23. The highest BCUT2D eigenvalue weighted by molar-refractivity contribution is 8.14. The third kappa shape index (κ3) is 2.67. The fourth-order valence-electron chi connectivity index (χ4n) is 0.661. The summed E-state index contributed by atoms with van der Waals surface area (Å²) in [5, 5.41) is 1.20. The van der Waals surface area contributed by atoms with Gasteiger partial charge in [-0.2, -0.15) is 0 Å². The number of urea groups is 1. The van der Waals surface area contributed by atoms with Crippen LogP contribution in [0.2, 0.25) is 0 Å². The SMILES string of the molecule is CC1CN=C(NNC(N)=O)S1. The largest absolute Gasteiger partial charge is 0.350 e. The van der Waals surface area contributed by atoms with Crippen molar-refractivity contribution < 1.29 is 4.79 Å². The van der Waals surface area contributed by atoms with Gasteiger partial charge in [0.15, 0.2) is 5.17 Å². The van der Waals surface area contributed by atoms with E-state index in [0.29, 0.717) is 5.25 Å². The smallest absolute Gasteiger partial charge is 0.330 e. The molecule has 62 valence electrons. The van der Waals surface area contributed by atoms with Crippen LogP contribution in [0.25, 0.3) is 0 Å². The highest BCUT2D eigenvalue weighted by Crippen LogP contribution is 2.17. The van der Waals surface area contributed by atoms with Crippen LogP contribution in [0.4, 0.5) is 4.79 Å². The summed E-state index contributed by atoms with van der Waals surface area (Å²) < 4.78 is 0. The molecule has 0 aromatic heterocycles. The molecule has 0 aliphatic carbocycles. The Kier molecular flexibility index (Phi) is 2.58. The van der Waals surface area contributed by atoms with Gasteiger partial charge in [0, 0.05) is 5.25 Å². The summed E-state index contributed by atoms with van der Waals surface area (Å²) >= 11 is 1.58. The van der Waals surface area contributed by atoms with Gasteiger partial charge in [0.2, 0.25) is 0 Å². The quantitative estimate of drug-likeness (QED) is 0.439. The van der Waals surface area contributed by atoms with Crippen molar-refractivity contribution in [2.75, 3.05) is 6.54 Å². The Morgan fingerprint density at radius 3 is 3.09 bits per heavy atom. The Labute approximate surface area is 68.8 Å². The van der Waals surface area contributed by atoms with Gasteiger partial charge in [-0.1, -0.05) is 18.7 Å². The van der Waals surface area contributed by atoms with Crippen LogP contribution in [0.3, 0.4) is 0 Å². The zero-order valence-electron chi connectivity index (χ0n) is 6.13. The first-order valence-corrected chi connectivity index (χ1v) is 4.09. The van der Waals surface area contributed by atoms with Gasteiger partial charge in [-0.05, 0) is 0 Å². The van der Waals surface area contributed by atoms with Crippen LogP contribution in [0.1, 0.15) is 6.92 Å². The number of nitrogens with one attached hydrogen (secondary N) is 2. The molecule has 1 rings (SSSR count). The fraction of sp³-hybridized carbons (Fsp3) is 0.600. The van der Waals surface area contributed by atoms with E-state index < -0.39 is 6.03 Å². The molecule has 6 heteroatoms. The first-order valence-electron chi connectivity index (χ1n) is 3.21. The molecule has 0 spiro atoms. The normalized spacial score (nSPS) is 22.6. The minimum absolute atomic E-state index is 0.479. The molecule has 0 radical (unpaired) electrons. The molecule has 1 unspecified atom stereocenters. The van der Waals surface area contributed by atoms with Gasteiger partial charge in [-0.15, -0.1) is 0 Å². The van der Waals surface area contributed by atoms with E-state index in [1.165, 1.54) is 0 Å². The number of carbonyl (C=O) groups is 1. The minimum atomic E-state index is -0.604. The maximum atomic E-state index is 10.2. The van der Waals surface area contributed by atoms with Crippen molar-refractivity contribution in [3.63, 3.8) is 0 Å². The van der Waals surface area contributed by atoms with Crippen LogP contribution >= 0.6 is 11.8 Å². The third-order valence-electron chi connectivity index (χ3n) is 1.10. The fourth-order valence-corrected chi connectivity index (χ4v) is 1.45. The lowest BCUT2D eigenvalue weighted by molar-refractivity contribution is 0.247. The lowest BCUT2D eigenvalue weighted by atomic mass is 10.5. The monoisotopic (exact) mass is 174 g/mol. The van der Waals surface area contributed by atoms with Crippen molar-refractivity contribution in [2.24, 2.45) is 10.7 Å². The molecule has 1 aliphatic rings. The lowest BCUT2D eigenvalue weighted by Crippen LogP contribution is -2.43. The predicted molar refractivity (Wildman–Crippen MR) is 45.2 cm³/mol. The summed E-state index contributed by atoms with van der Waals surface area (Å²) in [4.78, 5) is 14.3. The Hall–Kier alpha value is -0.910. The molecule has 2 amide bonds. The number of nitrogens with zero attached hydrogens (tertiary/aromatic N) is 1. The number of amidine groups is 1. The van der Waals surface area contributed by atoms with Gasteiger partial charge >= 0.3 is 6.03 Å². The van der Waals surface area contributed by atoms with Crippen LogP contribution < -0.4 is 16.6 Å². The molecular weight excluding hydrogens is 164 g/mol. The molecule has 0 saturated heterocycles. The Bertz CT molecular complexity index is 193. The zero-order chi connectivity index (χ0) is 8.27. The molecule has 11 heavy (non-hydrogen) atoms. The van der Waals surface area contributed by atoms with E-state index in [2.05, 4.69) is 22.8 Å². The van der Waals surface area contributed by atoms with Crippen molar-refractivity contribution in [3.05, 3.63) is 0 Å². The number of rotatable bonds is 0. The predicted octanol–water partition coefficient (Wildman–Crippen LogP) is -0.349. The van der Waals surface area contributed by atoms with Crippen LogP contribution in [-0.4, -0.2) is 23.0 Å². The van der Waals surface area contributed by atoms with E-state index in [1.807, 2.05) is 0 Å². The van der Waals surface area contributed by atoms with Crippen molar-refractivity contribution >= 4 is 23.0 Å². The maximum absolute atomic E-state index is 10.2. The molecule has 0 saturated carbocycles. The van der Waals surface area contributed by atoms with Crippen LogP contribution in [-0.2, 0) is 0 Å². The third-order valence-corrected chi connectivity index (χ3v) is 2.10. The zero-order valence-corrected chi connectivity index (χ0v) is 6.94. The summed E-state index contributed by atoms with van der Waals surface area (Å²) in [6.07, 6.45) is 0. The Morgan fingerprint density at radius 1 is 1.91 bits per heavy atom. The van der Waals surface area contributed by atoms with Gasteiger partial charge in [0.25, 0.3) is 0 Å². The average molecular weight is 174 g/mol. The summed E-state index contributed by atoms with van der Waals surface area (Å²) in [5.74, 6) is 0. The van der Waals surface area contributed by atoms with E-state index in [0.717, 1.165) is 11.7 Å². The second kappa shape index (κ2) is 3.47. The molecule has 1 heterocycles. The molecule has 0 aromatic rings. The lowest BCUT2D eigenvalue weighted by Gasteiger charge is -2.04. The Morgan fingerprint density at radius 2 is 2.64 bits per heavy atom. The standard InChI is InChI=1S/C5H10N4OS/c1-3-2-7-5(11-3)9-8-4(6)10/h3H,2H2,1H3,(H,7,9)(H3,6,8,10). The van der Waals surface area contributed by atoms with E-state index >= 15 is 0 Å². The van der Waals surface area contributed by atoms with E-state index in [9.17, 15) is 4.79 Å². The van der Waals surface area contributed by atoms with Gasteiger partial charge < -0.3 is 5.73 Å². The van der Waals surface area contributed by atoms with Crippen LogP contribution in [0.15, 0.2) is 4.99 Å².